The maximum atomic E-state index is 10.0. The van der Waals surface area contributed by atoms with Crippen LogP contribution in [0.5, 0.6) is 11.5 Å². The molecule has 1 N–H and O–H groups in total. The summed E-state index contributed by atoms with van der Waals surface area (Å²) >= 11 is 0. The largest absolute Gasteiger partial charge is 0.491 e. The van der Waals surface area contributed by atoms with Gasteiger partial charge in [-0.2, -0.15) is 0 Å². The van der Waals surface area contributed by atoms with Crippen LogP contribution in [0, 0.1) is 0 Å². The van der Waals surface area contributed by atoms with Gasteiger partial charge in [0.05, 0.1) is 25.4 Å². The fourth-order valence-corrected chi connectivity index (χ4v) is 3.34. The minimum atomic E-state index is -0.456. The van der Waals surface area contributed by atoms with Gasteiger partial charge in [-0.15, -0.1) is 0 Å². The second-order valence-corrected chi connectivity index (χ2v) is 8.44. The zero-order valence-electron chi connectivity index (χ0n) is 17.2. The number of benzene rings is 2. The molecule has 2 heterocycles. The van der Waals surface area contributed by atoms with Crippen LogP contribution in [0.25, 0.3) is 0 Å². The smallest absolute Gasteiger partial charge is 0.119 e. The number of hydrogen-bond acceptors (Lipinski definition) is 5. The number of aliphatic hydroxyl groups is 1. The van der Waals surface area contributed by atoms with Crippen LogP contribution >= 0.6 is 0 Å². The van der Waals surface area contributed by atoms with E-state index in [4.69, 9.17) is 18.9 Å². The first-order valence-electron chi connectivity index (χ1n) is 10.4. The van der Waals surface area contributed by atoms with Crippen molar-refractivity contribution in [3.05, 3.63) is 59.7 Å². The topological polar surface area (TPSA) is 63.8 Å². The molecule has 2 aromatic rings. The minimum Gasteiger partial charge on any atom is -0.491 e. The maximum absolute atomic E-state index is 10.0. The molecule has 3 unspecified atom stereocenters. The third kappa shape index (κ3) is 5.72. The van der Waals surface area contributed by atoms with Crippen molar-refractivity contribution >= 4 is 0 Å². The summed E-state index contributed by atoms with van der Waals surface area (Å²) in [6.45, 7) is 6.98. The van der Waals surface area contributed by atoms with Crippen LogP contribution in [-0.4, -0.2) is 49.8 Å². The summed E-state index contributed by atoms with van der Waals surface area (Å²) in [7, 11) is 0. The van der Waals surface area contributed by atoms with Gasteiger partial charge in [0.15, 0.2) is 0 Å². The Morgan fingerprint density at radius 3 is 1.93 bits per heavy atom. The average Bonchev–Trinajstić information content (AvgIpc) is 3.64. The van der Waals surface area contributed by atoms with Gasteiger partial charge in [0.2, 0.25) is 0 Å². The minimum absolute atomic E-state index is 0.138. The molecule has 2 saturated heterocycles. The Labute approximate surface area is 172 Å². The normalized spacial score (nSPS) is 21.5. The molecular weight excluding hydrogens is 368 g/mol. The van der Waals surface area contributed by atoms with Crippen molar-refractivity contribution in [2.24, 2.45) is 0 Å². The molecule has 0 aliphatic carbocycles. The van der Waals surface area contributed by atoms with Crippen molar-refractivity contribution in [3.8, 4) is 11.5 Å². The molecule has 5 heteroatoms. The summed E-state index contributed by atoms with van der Waals surface area (Å²) in [6.07, 6.45) is 1.76. The molecule has 0 saturated carbocycles. The summed E-state index contributed by atoms with van der Waals surface area (Å²) < 4.78 is 21.8. The van der Waals surface area contributed by atoms with Crippen LogP contribution in [0.1, 0.15) is 37.8 Å². The molecule has 0 amide bonds. The summed E-state index contributed by atoms with van der Waals surface area (Å²) in [4.78, 5) is 0. The molecular formula is C24H30O5. The summed E-state index contributed by atoms with van der Waals surface area (Å²) in [5, 5.41) is 10.0. The van der Waals surface area contributed by atoms with Crippen LogP contribution in [0.15, 0.2) is 48.5 Å². The standard InChI is InChI=1S/C24H30O5/c1-24(2,18-5-10-21(11-6-18)27-15-23-16-29-23)17-3-8-20(9-4-17)26-13-19(25)7-12-22-14-28-22/h3-6,8-11,19,22-23,25H,7,12-16H2,1-2H3. The predicted octanol–water partition coefficient (Wildman–Crippen LogP) is 3.71. The molecule has 0 radical (unpaired) electrons. The van der Waals surface area contributed by atoms with Crippen molar-refractivity contribution in [2.75, 3.05) is 26.4 Å². The Balaban J connectivity index is 1.31. The van der Waals surface area contributed by atoms with E-state index in [-0.39, 0.29) is 11.5 Å². The lowest BCUT2D eigenvalue weighted by molar-refractivity contribution is 0.0959. The van der Waals surface area contributed by atoms with E-state index >= 15 is 0 Å². The second kappa shape index (κ2) is 8.74. The van der Waals surface area contributed by atoms with Crippen molar-refractivity contribution in [3.63, 3.8) is 0 Å². The van der Waals surface area contributed by atoms with Gasteiger partial charge < -0.3 is 24.1 Å². The molecule has 0 aromatic heterocycles. The van der Waals surface area contributed by atoms with Gasteiger partial charge in [-0.25, -0.2) is 0 Å². The van der Waals surface area contributed by atoms with Crippen LogP contribution in [0.3, 0.4) is 0 Å². The molecule has 2 fully saturated rings. The van der Waals surface area contributed by atoms with Crippen molar-refractivity contribution in [1.82, 2.24) is 0 Å². The van der Waals surface area contributed by atoms with Crippen LogP contribution < -0.4 is 9.47 Å². The predicted molar refractivity (Wildman–Crippen MR) is 111 cm³/mol. The first kappa shape index (κ1) is 20.2. The fraction of sp³-hybridized carbons (Fsp3) is 0.500. The lowest BCUT2D eigenvalue weighted by Gasteiger charge is -2.26. The Hall–Kier alpha value is -2.08. The van der Waals surface area contributed by atoms with Crippen molar-refractivity contribution in [1.29, 1.82) is 0 Å². The highest BCUT2D eigenvalue weighted by atomic mass is 16.6. The van der Waals surface area contributed by atoms with Gasteiger partial charge in [0, 0.05) is 5.41 Å². The van der Waals surface area contributed by atoms with E-state index in [0.29, 0.717) is 25.7 Å². The number of epoxide rings is 2. The highest BCUT2D eigenvalue weighted by molar-refractivity contribution is 5.41. The monoisotopic (exact) mass is 398 g/mol. The molecule has 29 heavy (non-hydrogen) atoms. The molecule has 2 aliphatic rings. The van der Waals surface area contributed by atoms with E-state index < -0.39 is 6.10 Å². The molecule has 0 bridgehead atoms. The van der Waals surface area contributed by atoms with E-state index in [0.717, 1.165) is 31.1 Å². The summed E-state index contributed by atoms with van der Waals surface area (Å²) in [6, 6.07) is 16.4. The fourth-order valence-electron chi connectivity index (χ4n) is 3.34. The van der Waals surface area contributed by atoms with E-state index in [1.807, 2.05) is 24.3 Å². The highest BCUT2D eigenvalue weighted by Crippen LogP contribution is 2.33. The molecule has 0 spiro atoms. The second-order valence-electron chi connectivity index (χ2n) is 8.44. The number of hydrogen-bond donors (Lipinski definition) is 1. The molecule has 4 rings (SSSR count). The molecule has 3 atom stereocenters. The van der Waals surface area contributed by atoms with Crippen LogP contribution in [0.4, 0.5) is 0 Å². The van der Waals surface area contributed by atoms with Crippen molar-refractivity contribution < 1.29 is 24.1 Å². The zero-order valence-corrected chi connectivity index (χ0v) is 17.2. The first-order chi connectivity index (χ1) is 14.0. The number of rotatable bonds is 11. The molecule has 5 nitrogen and oxygen atoms in total. The van der Waals surface area contributed by atoms with Crippen LogP contribution in [0.2, 0.25) is 0 Å². The van der Waals surface area contributed by atoms with Gasteiger partial charge >= 0.3 is 0 Å². The van der Waals surface area contributed by atoms with Gasteiger partial charge in [-0.1, -0.05) is 38.1 Å². The van der Waals surface area contributed by atoms with Gasteiger partial charge in [-0.05, 0) is 48.2 Å². The molecule has 156 valence electrons. The van der Waals surface area contributed by atoms with Crippen molar-refractivity contribution in [2.45, 2.75) is 50.4 Å². The number of ether oxygens (including phenoxy) is 4. The number of aliphatic hydroxyl groups excluding tert-OH is 1. The van der Waals surface area contributed by atoms with Gasteiger partial charge in [-0.3, -0.25) is 0 Å². The SMILES string of the molecule is CC(C)(c1ccc(OCC(O)CCC2CO2)cc1)c1ccc(OCC2CO2)cc1. The Morgan fingerprint density at radius 1 is 0.897 bits per heavy atom. The summed E-state index contributed by atoms with van der Waals surface area (Å²) in [5.41, 5.74) is 2.29. The molecule has 2 aliphatic heterocycles. The van der Waals surface area contributed by atoms with Gasteiger partial charge in [0.1, 0.15) is 30.8 Å². The average molecular weight is 398 g/mol. The Kier molecular flexibility index (Phi) is 6.09. The van der Waals surface area contributed by atoms with E-state index in [1.165, 1.54) is 11.1 Å². The van der Waals surface area contributed by atoms with E-state index in [1.54, 1.807) is 0 Å². The first-order valence-corrected chi connectivity index (χ1v) is 10.4. The molecule has 2 aromatic carbocycles. The van der Waals surface area contributed by atoms with Crippen LogP contribution in [-0.2, 0) is 14.9 Å². The maximum Gasteiger partial charge on any atom is 0.119 e. The zero-order chi connectivity index (χ0) is 20.3. The summed E-state index contributed by atoms with van der Waals surface area (Å²) in [5.74, 6) is 1.65. The quantitative estimate of drug-likeness (QED) is 0.585. The Morgan fingerprint density at radius 2 is 1.41 bits per heavy atom. The van der Waals surface area contributed by atoms with E-state index in [9.17, 15) is 5.11 Å². The lowest BCUT2D eigenvalue weighted by atomic mass is 9.78. The lowest BCUT2D eigenvalue weighted by Crippen LogP contribution is -2.19. The Bertz CT molecular complexity index is 776. The third-order valence-electron chi connectivity index (χ3n) is 5.66. The highest BCUT2D eigenvalue weighted by Gasteiger charge is 2.25. The van der Waals surface area contributed by atoms with Gasteiger partial charge in [0.25, 0.3) is 0 Å². The van der Waals surface area contributed by atoms with E-state index in [2.05, 4.69) is 38.1 Å². The third-order valence-corrected chi connectivity index (χ3v) is 5.66.